The summed E-state index contributed by atoms with van der Waals surface area (Å²) in [5.74, 6) is 0. The van der Waals surface area contributed by atoms with Gasteiger partial charge in [-0.15, -0.1) is 0 Å². The van der Waals surface area contributed by atoms with Gasteiger partial charge in [0.05, 0.1) is 0 Å². The third-order valence-electron chi connectivity index (χ3n) is 0.899. The minimum Gasteiger partial charge on any atom is -0.188 e. The highest BCUT2D eigenvalue weighted by Gasteiger charge is 2.54. The Bertz CT molecular complexity index is 294. The Morgan fingerprint density at radius 1 is 0.611 bits per heavy atom. The van der Waals surface area contributed by atoms with Gasteiger partial charge in [-0.2, -0.15) is 48.3 Å². The first kappa shape index (κ1) is 19.3. The minimum absolute atomic E-state index is 1.94. The molecular weight excluding hydrogens is 316 g/mol. The van der Waals surface area contributed by atoms with Gasteiger partial charge in [0.25, 0.3) is 11.4 Å². The third-order valence-corrected chi connectivity index (χ3v) is 1.04. The zero-order valence-corrected chi connectivity index (χ0v) is 8.29. The lowest BCUT2D eigenvalue weighted by Crippen LogP contribution is -2.26. The monoisotopic (exact) mass is 316 g/mol. The first-order valence-corrected chi connectivity index (χ1v) is 3.65. The van der Waals surface area contributed by atoms with Crippen molar-refractivity contribution in [3.8, 4) is 0 Å². The molecule has 108 valence electrons. The third kappa shape index (κ3) is 8.14. The smallest absolute Gasteiger partial charge is 0.188 e. The van der Waals surface area contributed by atoms with Gasteiger partial charge in [0.15, 0.2) is 0 Å². The first-order valence-electron chi connectivity index (χ1n) is 3.27. The lowest BCUT2D eigenvalue weighted by Gasteiger charge is -2.12. The number of allylic oxidation sites excluding steroid dienone is 1. The van der Waals surface area contributed by atoms with E-state index in [0.717, 1.165) is 0 Å². The van der Waals surface area contributed by atoms with Crippen LogP contribution >= 0.6 is 11.6 Å². The van der Waals surface area contributed by atoms with Crippen molar-refractivity contribution >= 4 is 11.6 Å². The summed E-state index contributed by atoms with van der Waals surface area (Å²) in [6, 6.07) is 0. The standard InChI is InChI=1S/C4F8.C2ClF3/c5-2(6)1(3(7,8)9)4(10,11)12;3-1(4)2(5)6. The van der Waals surface area contributed by atoms with Gasteiger partial charge in [0.2, 0.25) is 5.57 Å². The Kier molecular flexibility index (Phi) is 7.31. The van der Waals surface area contributed by atoms with Crippen LogP contribution in [0.25, 0.3) is 0 Å². The molecule has 0 saturated carbocycles. The normalized spacial score (nSPS) is 11.3. The maximum absolute atomic E-state index is 11.2. The van der Waals surface area contributed by atoms with Crippen LogP contribution in [0.4, 0.5) is 48.3 Å². The van der Waals surface area contributed by atoms with Gasteiger partial charge in [-0.05, 0) is 11.6 Å². The van der Waals surface area contributed by atoms with E-state index < -0.39 is 35.4 Å². The molecule has 0 aliphatic heterocycles. The number of hydrogen-bond donors (Lipinski definition) is 0. The molecule has 0 atom stereocenters. The molecule has 0 aliphatic carbocycles. The molecule has 0 nitrogen and oxygen atoms in total. The van der Waals surface area contributed by atoms with E-state index in [4.69, 9.17) is 0 Å². The van der Waals surface area contributed by atoms with Crippen LogP contribution in [0.5, 0.6) is 0 Å². The maximum atomic E-state index is 11.2. The summed E-state index contributed by atoms with van der Waals surface area (Å²) in [7, 11) is 0. The summed E-state index contributed by atoms with van der Waals surface area (Å²) in [5, 5.41) is -1.94. The Hall–Kier alpha value is -1.00. The number of rotatable bonds is 0. The van der Waals surface area contributed by atoms with Crippen LogP contribution < -0.4 is 0 Å². The fourth-order valence-corrected chi connectivity index (χ4v) is 0.375. The Morgan fingerprint density at radius 2 is 0.833 bits per heavy atom. The van der Waals surface area contributed by atoms with Gasteiger partial charge in [-0.3, -0.25) is 0 Å². The molecule has 0 radical (unpaired) electrons. The van der Waals surface area contributed by atoms with Crippen molar-refractivity contribution in [2.45, 2.75) is 12.4 Å². The molecule has 0 heterocycles. The van der Waals surface area contributed by atoms with E-state index in [9.17, 15) is 48.3 Å². The van der Waals surface area contributed by atoms with Gasteiger partial charge in [-0.25, -0.2) is 0 Å². The van der Waals surface area contributed by atoms with Crippen molar-refractivity contribution in [1.29, 1.82) is 0 Å². The molecule has 0 unspecified atom stereocenters. The molecular formula is C6ClF11. The largest absolute Gasteiger partial charge is 0.426 e. The van der Waals surface area contributed by atoms with Crippen LogP contribution in [0, 0.1) is 0 Å². The highest BCUT2D eigenvalue weighted by Crippen LogP contribution is 2.41. The summed E-state index contributed by atoms with van der Waals surface area (Å²) < 4.78 is 121. The second kappa shape index (κ2) is 6.81. The molecule has 0 saturated heterocycles. The van der Waals surface area contributed by atoms with Crippen molar-refractivity contribution in [3.05, 3.63) is 23.0 Å². The average molecular weight is 316 g/mol. The van der Waals surface area contributed by atoms with Crippen LogP contribution in [0.15, 0.2) is 23.0 Å². The molecule has 0 fully saturated rings. The van der Waals surface area contributed by atoms with Crippen molar-refractivity contribution in [2.75, 3.05) is 0 Å². The van der Waals surface area contributed by atoms with Crippen molar-refractivity contribution < 1.29 is 48.3 Å². The van der Waals surface area contributed by atoms with Gasteiger partial charge in [-0.1, -0.05) is 0 Å². The van der Waals surface area contributed by atoms with E-state index in [0.29, 0.717) is 0 Å². The van der Waals surface area contributed by atoms with E-state index >= 15 is 0 Å². The van der Waals surface area contributed by atoms with E-state index in [1.165, 1.54) is 0 Å². The lowest BCUT2D eigenvalue weighted by molar-refractivity contribution is -0.176. The summed E-state index contributed by atoms with van der Waals surface area (Å²) in [4.78, 5) is 0. The highest BCUT2D eigenvalue weighted by atomic mass is 35.5. The Labute approximate surface area is 96.3 Å². The molecule has 0 bridgehead atoms. The second-order valence-corrected chi connectivity index (χ2v) is 2.48. The van der Waals surface area contributed by atoms with Gasteiger partial charge in [0.1, 0.15) is 0 Å². The van der Waals surface area contributed by atoms with Crippen LogP contribution in [-0.4, -0.2) is 12.4 Å². The molecule has 0 aliphatic rings. The molecule has 0 amide bonds. The SMILES string of the molecule is FC(F)=C(C(F)(F)F)C(F)(F)F.FC(F)=C(F)Cl. The lowest BCUT2D eigenvalue weighted by atomic mass is 10.3. The summed E-state index contributed by atoms with van der Waals surface area (Å²) in [6.07, 6.45) is -18.4. The maximum Gasteiger partial charge on any atom is 0.426 e. The van der Waals surface area contributed by atoms with E-state index in [2.05, 4.69) is 11.6 Å². The van der Waals surface area contributed by atoms with Gasteiger partial charge >= 0.3 is 18.4 Å². The molecule has 0 spiro atoms. The van der Waals surface area contributed by atoms with E-state index in [1.807, 2.05) is 0 Å². The van der Waals surface area contributed by atoms with E-state index in [1.54, 1.807) is 0 Å². The van der Waals surface area contributed by atoms with Crippen molar-refractivity contribution in [2.24, 2.45) is 0 Å². The zero-order chi connectivity index (χ0) is 15.3. The Morgan fingerprint density at radius 3 is 0.833 bits per heavy atom. The molecule has 18 heavy (non-hydrogen) atoms. The zero-order valence-electron chi connectivity index (χ0n) is 7.54. The van der Waals surface area contributed by atoms with Crippen molar-refractivity contribution in [3.63, 3.8) is 0 Å². The minimum atomic E-state index is -6.07. The van der Waals surface area contributed by atoms with Crippen LogP contribution in [0.2, 0.25) is 0 Å². The van der Waals surface area contributed by atoms with Crippen LogP contribution in [-0.2, 0) is 0 Å². The highest BCUT2D eigenvalue weighted by molar-refractivity contribution is 6.28. The number of halogens is 12. The fraction of sp³-hybridized carbons (Fsp3) is 0.333. The van der Waals surface area contributed by atoms with Crippen molar-refractivity contribution in [1.82, 2.24) is 0 Å². The molecule has 0 aromatic carbocycles. The topological polar surface area (TPSA) is 0 Å². The molecule has 0 rings (SSSR count). The summed E-state index contributed by atoms with van der Waals surface area (Å²) in [5.41, 5.74) is -3.75. The Balaban J connectivity index is 0. The molecule has 0 N–H and O–H groups in total. The average Bonchev–Trinajstić information content (AvgIpc) is 1.96. The van der Waals surface area contributed by atoms with Gasteiger partial charge in [0, 0.05) is 0 Å². The quantitative estimate of drug-likeness (QED) is 0.516. The van der Waals surface area contributed by atoms with Crippen LogP contribution in [0.1, 0.15) is 0 Å². The first-order chi connectivity index (χ1) is 7.71. The number of alkyl halides is 6. The van der Waals surface area contributed by atoms with Gasteiger partial charge < -0.3 is 0 Å². The second-order valence-electron chi connectivity index (χ2n) is 2.15. The molecule has 0 aromatic heterocycles. The number of hydrogen-bond acceptors (Lipinski definition) is 0. The fourth-order valence-electron chi connectivity index (χ4n) is 0.375. The predicted octanol–water partition coefficient (Wildman–Crippen LogP) is 5.52. The van der Waals surface area contributed by atoms with E-state index in [-0.39, 0.29) is 0 Å². The predicted molar refractivity (Wildman–Crippen MR) is 37.6 cm³/mol. The molecule has 12 heteroatoms. The summed E-state index contributed by atoms with van der Waals surface area (Å²) >= 11 is 4.08. The molecule has 0 aromatic rings. The van der Waals surface area contributed by atoms with Crippen LogP contribution in [0.3, 0.4) is 0 Å². The summed E-state index contributed by atoms with van der Waals surface area (Å²) in [6.45, 7) is 0.